The van der Waals surface area contributed by atoms with Gasteiger partial charge in [-0.05, 0) is 19.3 Å². The lowest BCUT2D eigenvalue weighted by atomic mass is 10.0. The molecule has 17 heavy (non-hydrogen) atoms. The zero-order valence-electron chi connectivity index (χ0n) is 10.3. The summed E-state index contributed by atoms with van der Waals surface area (Å²) in [6, 6.07) is 0. The molecule has 2 rings (SSSR count). The highest BCUT2D eigenvalue weighted by Crippen LogP contribution is 2.23. The predicted molar refractivity (Wildman–Crippen MR) is 61.7 cm³/mol. The fourth-order valence-corrected chi connectivity index (χ4v) is 2.10. The molecule has 0 radical (unpaired) electrons. The minimum Gasteiger partial charge on any atom is -0.393 e. The third-order valence-electron chi connectivity index (χ3n) is 3.04. The quantitative estimate of drug-likeness (QED) is 0.847. The molecule has 1 aromatic heterocycles. The van der Waals surface area contributed by atoms with E-state index in [0.29, 0.717) is 18.9 Å². The van der Waals surface area contributed by atoms with Gasteiger partial charge in [0.25, 0.3) is 0 Å². The molecule has 1 fully saturated rings. The maximum atomic E-state index is 9.67. The normalized spacial score (nSPS) is 22.6. The van der Waals surface area contributed by atoms with E-state index in [2.05, 4.69) is 10.1 Å². The molecule has 1 N–H and O–H groups in total. The molecule has 2 unspecified atom stereocenters. The summed E-state index contributed by atoms with van der Waals surface area (Å²) >= 11 is 0. The van der Waals surface area contributed by atoms with Crippen molar-refractivity contribution in [2.24, 2.45) is 0 Å². The largest absolute Gasteiger partial charge is 0.393 e. The van der Waals surface area contributed by atoms with E-state index in [1.54, 1.807) is 0 Å². The summed E-state index contributed by atoms with van der Waals surface area (Å²) in [4.78, 5) is 4.34. The Morgan fingerprint density at radius 3 is 3.12 bits per heavy atom. The maximum Gasteiger partial charge on any atom is 0.229 e. The minimum atomic E-state index is -0.379. The summed E-state index contributed by atoms with van der Waals surface area (Å²) in [6.45, 7) is 3.55. The van der Waals surface area contributed by atoms with E-state index >= 15 is 0 Å². The van der Waals surface area contributed by atoms with E-state index in [-0.39, 0.29) is 12.0 Å². The van der Waals surface area contributed by atoms with Crippen molar-refractivity contribution in [2.75, 3.05) is 13.2 Å². The van der Waals surface area contributed by atoms with Crippen LogP contribution in [0.4, 0.5) is 0 Å². The summed E-state index contributed by atoms with van der Waals surface area (Å²) in [6.07, 6.45) is 3.90. The van der Waals surface area contributed by atoms with Crippen molar-refractivity contribution in [1.29, 1.82) is 0 Å². The van der Waals surface area contributed by atoms with Crippen LogP contribution in [0.3, 0.4) is 0 Å². The Labute approximate surface area is 101 Å². The molecule has 96 valence electrons. The van der Waals surface area contributed by atoms with E-state index in [1.807, 2.05) is 6.92 Å². The fourth-order valence-electron chi connectivity index (χ4n) is 2.10. The molecule has 2 atom stereocenters. The average Bonchev–Trinajstić information content (AvgIpc) is 2.79. The predicted octanol–water partition coefficient (Wildman–Crippen LogP) is 1.67. The van der Waals surface area contributed by atoms with Gasteiger partial charge in [-0.1, -0.05) is 18.5 Å². The molecule has 2 heterocycles. The molecule has 1 aliphatic heterocycles. The second kappa shape index (κ2) is 6.12. The number of aliphatic hydroxyl groups excluding tert-OH is 1. The molecule has 0 aromatic carbocycles. The summed E-state index contributed by atoms with van der Waals surface area (Å²) < 4.78 is 10.6. The van der Waals surface area contributed by atoms with Crippen LogP contribution < -0.4 is 0 Å². The van der Waals surface area contributed by atoms with Gasteiger partial charge in [0.1, 0.15) is 0 Å². The van der Waals surface area contributed by atoms with Gasteiger partial charge in [-0.15, -0.1) is 0 Å². The molecule has 1 aromatic rings. The molecule has 5 nitrogen and oxygen atoms in total. The van der Waals surface area contributed by atoms with Crippen LogP contribution >= 0.6 is 0 Å². The van der Waals surface area contributed by atoms with Crippen molar-refractivity contribution in [3.63, 3.8) is 0 Å². The zero-order valence-corrected chi connectivity index (χ0v) is 10.3. The van der Waals surface area contributed by atoms with Gasteiger partial charge in [-0.3, -0.25) is 0 Å². The minimum absolute atomic E-state index is 0.254. The monoisotopic (exact) mass is 240 g/mol. The van der Waals surface area contributed by atoms with Gasteiger partial charge in [0, 0.05) is 12.5 Å². The van der Waals surface area contributed by atoms with Crippen LogP contribution in [0, 0.1) is 0 Å². The number of hydrogen-bond donors (Lipinski definition) is 1. The van der Waals surface area contributed by atoms with Gasteiger partial charge in [0.2, 0.25) is 5.89 Å². The standard InChI is InChI=1S/C12H20N2O3/c1-2-4-10(15)7-11-13-12(14-17-11)9-5-3-6-16-8-9/h9-10,15H,2-8H2,1H3. The van der Waals surface area contributed by atoms with Crippen LogP contribution in [0.25, 0.3) is 0 Å². The lowest BCUT2D eigenvalue weighted by Crippen LogP contribution is -2.16. The van der Waals surface area contributed by atoms with Gasteiger partial charge in [0.15, 0.2) is 5.82 Å². The zero-order chi connectivity index (χ0) is 12.1. The molecule has 0 amide bonds. The van der Waals surface area contributed by atoms with Crippen LogP contribution in [0.5, 0.6) is 0 Å². The number of rotatable bonds is 5. The van der Waals surface area contributed by atoms with Gasteiger partial charge in [0.05, 0.1) is 19.1 Å². The fraction of sp³-hybridized carbons (Fsp3) is 0.833. The second-order valence-corrected chi connectivity index (χ2v) is 4.61. The number of ether oxygens (including phenoxy) is 1. The van der Waals surface area contributed by atoms with Crippen molar-refractivity contribution in [1.82, 2.24) is 10.1 Å². The third kappa shape index (κ3) is 3.51. The van der Waals surface area contributed by atoms with Gasteiger partial charge >= 0.3 is 0 Å². The highest BCUT2D eigenvalue weighted by atomic mass is 16.5. The van der Waals surface area contributed by atoms with E-state index in [1.165, 1.54) is 0 Å². The topological polar surface area (TPSA) is 68.4 Å². The first-order valence-corrected chi connectivity index (χ1v) is 6.38. The Morgan fingerprint density at radius 1 is 1.53 bits per heavy atom. The van der Waals surface area contributed by atoms with Crippen molar-refractivity contribution >= 4 is 0 Å². The van der Waals surface area contributed by atoms with Crippen LogP contribution in [0.15, 0.2) is 4.52 Å². The molecule has 5 heteroatoms. The molecule has 0 spiro atoms. The summed E-state index contributed by atoms with van der Waals surface area (Å²) in [5.41, 5.74) is 0. The number of hydrogen-bond acceptors (Lipinski definition) is 5. The first kappa shape index (κ1) is 12.5. The Kier molecular flexibility index (Phi) is 4.50. The van der Waals surface area contributed by atoms with Crippen LogP contribution in [0.2, 0.25) is 0 Å². The SMILES string of the molecule is CCCC(O)Cc1nc(C2CCCOC2)no1. The van der Waals surface area contributed by atoms with Crippen LogP contribution in [-0.2, 0) is 11.2 Å². The number of aliphatic hydroxyl groups is 1. The summed E-state index contributed by atoms with van der Waals surface area (Å²) in [5.74, 6) is 1.51. The molecule has 0 aliphatic carbocycles. The first-order valence-electron chi connectivity index (χ1n) is 6.38. The van der Waals surface area contributed by atoms with E-state index in [0.717, 1.165) is 38.1 Å². The smallest absolute Gasteiger partial charge is 0.229 e. The highest BCUT2D eigenvalue weighted by Gasteiger charge is 2.22. The number of nitrogens with zero attached hydrogens (tertiary/aromatic N) is 2. The molecule has 1 aliphatic rings. The van der Waals surface area contributed by atoms with Crippen molar-refractivity contribution in [2.45, 2.75) is 51.0 Å². The molecule has 1 saturated heterocycles. The number of aromatic nitrogens is 2. The van der Waals surface area contributed by atoms with Crippen molar-refractivity contribution < 1.29 is 14.4 Å². The third-order valence-corrected chi connectivity index (χ3v) is 3.04. The van der Waals surface area contributed by atoms with E-state index in [9.17, 15) is 5.11 Å². The molecular weight excluding hydrogens is 220 g/mol. The Hall–Kier alpha value is -0.940. The summed E-state index contributed by atoms with van der Waals surface area (Å²) in [5, 5.41) is 13.6. The lowest BCUT2D eigenvalue weighted by molar-refractivity contribution is 0.0773. The molecule has 0 bridgehead atoms. The van der Waals surface area contributed by atoms with Crippen LogP contribution in [0.1, 0.15) is 50.2 Å². The van der Waals surface area contributed by atoms with Crippen LogP contribution in [-0.4, -0.2) is 34.6 Å². The highest BCUT2D eigenvalue weighted by molar-refractivity contribution is 4.97. The Morgan fingerprint density at radius 2 is 2.41 bits per heavy atom. The van der Waals surface area contributed by atoms with E-state index < -0.39 is 0 Å². The van der Waals surface area contributed by atoms with Crippen molar-refractivity contribution in [3.8, 4) is 0 Å². The molecule has 0 saturated carbocycles. The Bertz CT molecular complexity index is 334. The lowest BCUT2D eigenvalue weighted by Gasteiger charge is -2.18. The Balaban J connectivity index is 1.90. The van der Waals surface area contributed by atoms with Gasteiger partial charge in [-0.2, -0.15) is 4.98 Å². The second-order valence-electron chi connectivity index (χ2n) is 4.61. The van der Waals surface area contributed by atoms with Crippen molar-refractivity contribution in [3.05, 3.63) is 11.7 Å². The summed E-state index contributed by atoms with van der Waals surface area (Å²) in [7, 11) is 0. The van der Waals surface area contributed by atoms with Gasteiger partial charge in [-0.25, -0.2) is 0 Å². The first-order chi connectivity index (χ1) is 8.29. The average molecular weight is 240 g/mol. The molecular formula is C12H20N2O3. The van der Waals surface area contributed by atoms with E-state index in [4.69, 9.17) is 9.26 Å². The van der Waals surface area contributed by atoms with Gasteiger partial charge < -0.3 is 14.4 Å². The maximum absolute atomic E-state index is 9.67.